The van der Waals surface area contributed by atoms with Crippen LogP contribution in [0.2, 0.25) is 0 Å². The van der Waals surface area contributed by atoms with Crippen LogP contribution in [0, 0.1) is 11.3 Å². The standard InChI is InChI=1S/C12H14N4O2/c13-6-10-7-15-11(8-14-10)16-3-1-2-12(9-16)17-4-5-18-12/h7-8H,1-5,9H2. The summed E-state index contributed by atoms with van der Waals surface area (Å²) >= 11 is 0. The molecule has 0 aliphatic carbocycles. The average molecular weight is 246 g/mol. The Hall–Kier alpha value is -1.71. The van der Waals surface area contributed by atoms with Crippen molar-refractivity contribution in [1.82, 2.24) is 9.97 Å². The van der Waals surface area contributed by atoms with Gasteiger partial charge in [-0.05, 0) is 6.42 Å². The number of nitrogens with zero attached hydrogens (tertiary/aromatic N) is 4. The second-order valence-electron chi connectivity index (χ2n) is 4.50. The molecule has 1 aromatic heterocycles. The molecular weight excluding hydrogens is 232 g/mol. The molecule has 3 heterocycles. The Kier molecular flexibility index (Phi) is 2.86. The van der Waals surface area contributed by atoms with E-state index in [1.807, 2.05) is 6.07 Å². The molecule has 18 heavy (non-hydrogen) atoms. The van der Waals surface area contributed by atoms with Gasteiger partial charge in [-0.25, -0.2) is 9.97 Å². The third-order valence-electron chi connectivity index (χ3n) is 3.31. The van der Waals surface area contributed by atoms with Crippen molar-refractivity contribution in [1.29, 1.82) is 5.26 Å². The van der Waals surface area contributed by atoms with E-state index in [-0.39, 0.29) is 0 Å². The third kappa shape index (κ3) is 2.03. The number of aromatic nitrogens is 2. The first-order valence-electron chi connectivity index (χ1n) is 6.06. The van der Waals surface area contributed by atoms with Gasteiger partial charge in [-0.3, -0.25) is 0 Å². The van der Waals surface area contributed by atoms with E-state index >= 15 is 0 Å². The zero-order valence-electron chi connectivity index (χ0n) is 10.0. The van der Waals surface area contributed by atoms with E-state index < -0.39 is 5.79 Å². The van der Waals surface area contributed by atoms with E-state index in [1.54, 1.807) is 6.20 Å². The highest BCUT2D eigenvalue weighted by Crippen LogP contribution is 2.31. The largest absolute Gasteiger partial charge is 0.350 e. The molecule has 0 radical (unpaired) electrons. The fourth-order valence-corrected chi connectivity index (χ4v) is 2.46. The summed E-state index contributed by atoms with van der Waals surface area (Å²) in [4.78, 5) is 10.4. The third-order valence-corrected chi connectivity index (χ3v) is 3.31. The molecule has 0 unspecified atom stereocenters. The van der Waals surface area contributed by atoms with Crippen molar-refractivity contribution in [3.05, 3.63) is 18.1 Å². The maximum Gasteiger partial charge on any atom is 0.186 e. The Morgan fingerprint density at radius 2 is 2.11 bits per heavy atom. The maximum absolute atomic E-state index is 8.70. The normalized spacial score (nSPS) is 22.1. The maximum atomic E-state index is 8.70. The van der Waals surface area contributed by atoms with Gasteiger partial charge in [-0.1, -0.05) is 0 Å². The second-order valence-corrected chi connectivity index (χ2v) is 4.50. The molecule has 2 saturated heterocycles. The van der Waals surface area contributed by atoms with Crippen LogP contribution in [0.1, 0.15) is 18.5 Å². The lowest BCUT2D eigenvalue weighted by Gasteiger charge is -2.38. The average Bonchev–Trinajstić information content (AvgIpc) is 2.87. The fraction of sp³-hybridized carbons (Fsp3) is 0.583. The molecule has 2 aliphatic heterocycles. The van der Waals surface area contributed by atoms with Crippen LogP contribution < -0.4 is 4.90 Å². The van der Waals surface area contributed by atoms with Gasteiger partial charge in [-0.2, -0.15) is 5.26 Å². The summed E-state index contributed by atoms with van der Waals surface area (Å²) in [5, 5.41) is 8.70. The van der Waals surface area contributed by atoms with Crippen molar-refractivity contribution in [3.63, 3.8) is 0 Å². The molecule has 1 spiro atoms. The summed E-state index contributed by atoms with van der Waals surface area (Å²) in [6.45, 7) is 2.91. The molecular formula is C12H14N4O2. The van der Waals surface area contributed by atoms with Gasteiger partial charge in [0.2, 0.25) is 0 Å². The first-order valence-corrected chi connectivity index (χ1v) is 6.06. The molecule has 2 fully saturated rings. The van der Waals surface area contributed by atoms with Gasteiger partial charge in [0.1, 0.15) is 11.9 Å². The van der Waals surface area contributed by atoms with E-state index in [9.17, 15) is 0 Å². The van der Waals surface area contributed by atoms with Crippen LogP contribution in [0.4, 0.5) is 5.82 Å². The Labute approximate surface area is 105 Å². The second kappa shape index (κ2) is 4.52. The monoisotopic (exact) mass is 246 g/mol. The molecule has 0 saturated carbocycles. The topological polar surface area (TPSA) is 71.3 Å². The SMILES string of the molecule is N#Cc1cnc(N2CCCC3(C2)OCCO3)cn1. The Morgan fingerprint density at radius 3 is 2.78 bits per heavy atom. The number of ether oxygens (including phenoxy) is 2. The first kappa shape index (κ1) is 11.4. The zero-order valence-corrected chi connectivity index (χ0v) is 10.0. The first-order chi connectivity index (χ1) is 8.81. The van der Waals surface area contributed by atoms with Crippen molar-refractivity contribution in [3.8, 4) is 6.07 Å². The molecule has 94 valence electrons. The van der Waals surface area contributed by atoms with Gasteiger partial charge in [0, 0.05) is 13.0 Å². The minimum atomic E-state index is -0.464. The molecule has 0 N–H and O–H groups in total. The van der Waals surface area contributed by atoms with Gasteiger partial charge in [0.05, 0.1) is 32.2 Å². The van der Waals surface area contributed by atoms with Crippen LogP contribution in [0.3, 0.4) is 0 Å². The summed E-state index contributed by atoms with van der Waals surface area (Å²) in [5.74, 6) is 0.306. The van der Waals surface area contributed by atoms with Crippen molar-refractivity contribution >= 4 is 5.82 Å². The molecule has 0 amide bonds. The number of rotatable bonds is 1. The van der Waals surface area contributed by atoms with Crippen molar-refractivity contribution in [2.45, 2.75) is 18.6 Å². The summed E-state index contributed by atoms with van der Waals surface area (Å²) in [5.41, 5.74) is 0.332. The van der Waals surface area contributed by atoms with Crippen molar-refractivity contribution in [2.24, 2.45) is 0 Å². The molecule has 0 bridgehead atoms. The van der Waals surface area contributed by atoms with Crippen LogP contribution in [0.15, 0.2) is 12.4 Å². The summed E-state index contributed by atoms with van der Waals surface area (Å²) in [6.07, 6.45) is 5.05. The van der Waals surface area contributed by atoms with E-state index in [1.165, 1.54) is 6.20 Å². The lowest BCUT2D eigenvalue weighted by molar-refractivity contribution is -0.161. The molecule has 0 aromatic carbocycles. The van der Waals surface area contributed by atoms with E-state index in [4.69, 9.17) is 14.7 Å². The van der Waals surface area contributed by atoms with E-state index in [2.05, 4.69) is 14.9 Å². The summed E-state index contributed by atoms with van der Waals surface area (Å²) in [7, 11) is 0. The lowest BCUT2D eigenvalue weighted by atomic mass is 10.0. The highest BCUT2D eigenvalue weighted by Gasteiger charge is 2.41. The Balaban J connectivity index is 1.77. The molecule has 0 atom stereocenters. The van der Waals surface area contributed by atoms with Gasteiger partial charge in [-0.15, -0.1) is 0 Å². The Morgan fingerprint density at radius 1 is 1.28 bits per heavy atom. The van der Waals surface area contributed by atoms with Crippen molar-refractivity contribution in [2.75, 3.05) is 31.2 Å². The molecule has 1 aromatic rings. The number of hydrogen-bond donors (Lipinski definition) is 0. The predicted molar refractivity (Wildman–Crippen MR) is 62.8 cm³/mol. The van der Waals surface area contributed by atoms with Crippen LogP contribution in [0.5, 0.6) is 0 Å². The summed E-state index contributed by atoms with van der Waals surface area (Å²) < 4.78 is 11.4. The highest BCUT2D eigenvalue weighted by molar-refractivity contribution is 5.38. The molecule has 6 nitrogen and oxygen atoms in total. The van der Waals surface area contributed by atoms with Crippen LogP contribution >= 0.6 is 0 Å². The van der Waals surface area contributed by atoms with E-state index in [0.29, 0.717) is 25.5 Å². The minimum absolute atomic E-state index is 0.332. The van der Waals surface area contributed by atoms with Gasteiger partial charge < -0.3 is 14.4 Å². The van der Waals surface area contributed by atoms with E-state index in [0.717, 1.165) is 25.2 Å². The number of piperidine rings is 1. The van der Waals surface area contributed by atoms with Crippen LogP contribution in [-0.4, -0.2) is 42.1 Å². The van der Waals surface area contributed by atoms with Crippen LogP contribution in [0.25, 0.3) is 0 Å². The smallest absolute Gasteiger partial charge is 0.186 e. The fourth-order valence-electron chi connectivity index (χ4n) is 2.46. The van der Waals surface area contributed by atoms with Crippen LogP contribution in [-0.2, 0) is 9.47 Å². The number of anilines is 1. The van der Waals surface area contributed by atoms with Crippen molar-refractivity contribution < 1.29 is 9.47 Å². The molecule has 2 aliphatic rings. The minimum Gasteiger partial charge on any atom is -0.350 e. The zero-order chi connectivity index (χ0) is 12.4. The van der Waals surface area contributed by atoms with Gasteiger partial charge in [0.15, 0.2) is 11.5 Å². The number of nitriles is 1. The Bertz CT molecular complexity index is 462. The van der Waals surface area contributed by atoms with Gasteiger partial charge in [0.25, 0.3) is 0 Å². The molecule has 6 heteroatoms. The lowest BCUT2D eigenvalue weighted by Crippen LogP contribution is -2.49. The van der Waals surface area contributed by atoms with Gasteiger partial charge >= 0.3 is 0 Å². The number of hydrogen-bond acceptors (Lipinski definition) is 6. The quantitative estimate of drug-likeness (QED) is 0.726. The highest BCUT2D eigenvalue weighted by atomic mass is 16.7. The predicted octanol–water partition coefficient (Wildman–Crippen LogP) is 0.692. The molecule has 3 rings (SSSR count). The summed E-state index contributed by atoms with van der Waals surface area (Å²) in [6, 6.07) is 1.96.